The lowest BCUT2D eigenvalue weighted by Crippen LogP contribution is -2.26. The van der Waals surface area contributed by atoms with Gasteiger partial charge in [-0.05, 0) is 48.7 Å². The summed E-state index contributed by atoms with van der Waals surface area (Å²) >= 11 is 7.56. The fraction of sp³-hybridized carbons (Fsp3) is 0.364. The van der Waals surface area contributed by atoms with Crippen molar-refractivity contribution in [1.29, 1.82) is 0 Å². The summed E-state index contributed by atoms with van der Waals surface area (Å²) in [5.74, 6) is 0.456. The summed E-state index contributed by atoms with van der Waals surface area (Å²) in [6.07, 6.45) is 7.57. The Bertz CT molecular complexity index is 909. The molecule has 1 saturated carbocycles. The molecule has 0 spiro atoms. The molecular weight excluding hydrogens is 392 g/mol. The lowest BCUT2D eigenvalue weighted by Gasteiger charge is -2.21. The number of rotatable bonds is 4. The first-order chi connectivity index (χ1) is 13.6. The van der Waals surface area contributed by atoms with Crippen molar-refractivity contribution in [3.05, 3.63) is 52.5 Å². The second kappa shape index (κ2) is 8.58. The molecule has 2 aliphatic rings. The number of benzene rings is 2. The second-order valence-electron chi connectivity index (χ2n) is 7.46. The zero-order valence-corrected chi connectivity index (χ0v) is 17.2. The molecule has 2 amide bonds. The fourth-order valence-corrected chi connectivity index (χ4v) is 5.19. The van der Waals surface area contributed by atoms with Gasteiger partial charge in [0.05, 0.1) is 11.3 Å². The molecular formula is C22H23ClN2O2S. The minimum Gasteiger partial charge on any atom is -0.352 e. The lowest BCUT2D eigenvalue weighted by atomic mass is 9.87. The van der Waals surface area contributed by atoms with Gasteiger partial charge in [-0.15, -0.1) is 0 Å². The first kappa shape index (κ1) is 19.3. The van der Waals surface area contributed by atoms with Crippen molar-refractivity contribution < 1.29 is 9.59 Å². The highest BCUT2D eigenvalue weighted by molar-refractivity contribution is 7.99. The number of carbonyl (C=O) groups excluding carboxylic acids is 2. The zero-order chi connectivity index (χ0) is 19.5. The Morgan fingerprint density at radius 3 is 2.75 bits per heavy atom. The molecule has 2 N–H and O–H groups in total. The van der Waals surface area contributed by atoms with Crippen LogP contribution in [0.1, 0.15) is 59.2 Å². The second-order valence-corrected chi connectivity index (χ2v) is 8.98. The van der Waals surface area contributed by atoms with Crippen molar-refractivity contribution in [2.75, 3.05) is 11.9 Å². The van der Waals surface area contributed by atoms with Crippen molar-refractivity contribution in [3.8, 4) is 0 Å². The highest BCUT2D eigenvalue weighted by Gasteiger charge is 2.21. The van der Waals surface area contributed by atoms with Gasteiger partial charge in [-0.1, -0.05) is 55.5 Å². The summed E-state index contributed by atoms with van der Waals surface area (Å²) in [5.41, 5.74) is 1.80. The van der Waals surface area contributed by atoms with Gasteiger partial charge in [0.15, 0.2) is 0 Å². The number of hydrogen-bond acceptors (Lipinski definition) is 3. The van der Waals surface area contributed by atoms with Gasteiger partial charge in [-0.3, -0.25) is 9.59 Å². The molecule has 0 aromatic heterocycles. The molecule has 1 heterocycles. The third kappa shape index (κ3) is 4.36. The van der Waals surface area contributed by atoms with Crippen LogP contribution in [0.15, 0.2) is 46.2 Å². The van der Waals surface area contributed by atoms with E-state index in [0.29, 0.717) is 28.4 Å². The molecule has 1 fully saturated rings. The third-order valence-corrected chi connectivity index (χ3v) is 6.83. The maximum absolute atomic E-state index is 12.6. The first-order valence-corrected chi connectivity index (χ1v) is 11.0. The highest BCUT2D eigenvalue weighted by Crippen LogP contribution is 2.40. The number of fused-ring (bicyclic) bond motifs is 2. The molecule has 0 unspecified atom stereocenters. The van der Waals surface area contributed by atoms with Crippen LogP contribution in [0.2, 0.25) is 5.02 Å². The fourth-order valence-electron chi connectivity index (χ4n) is 3.90. The maximum Gasteiger partial charge on any atom is 0.256 e. The average Bonchev–Trinajstić information content (AvgIpc) is 2.83. The summed E-state index contributed by atoms with van der Waals surface area (Å²) in [4.78, 5) is 26.8. The Morgan fingerprint density at radius 2 is 1.93 bits per heavy atom. The standard InChI is InChI=1S/C22H23ClN2O2S/c23-16-7-8-17-20(13-16)28-19-9-6-15(12-18(19)25-22(17)27)21(26)24-11-10-14-4-2-1-3-5-14/h6-9,12-14H,1-5,10-11H2,(H,24,26)(H,25,27). The van der Waals surface area contributed by atoms with Gasteiger partial charge in [0.1, 0.15) is 0 Å². The Labute approximate surface area is 174 Å². The van der Waals surface area contributed by atoms with E-state index in [9.17, 15) is 9.59 Å². The number of hydrogen-bond donors (Lipinski definition) is 2. The van der Waals surface area contributed by atoms with Gasteiger partial charge < -0.3 is 10.6 Å². The van der Waals surface area contributed by atoms with E-state index in [1.54, 1.807) is 24.3 Å². The molecule has 0 saturated heterocycles. The van der Waals surface area contributed by atoms with Crippen LogP contribution in [0.25, 0.3) is 0 Å². The Balaban J connectivity index is 1.44. The molecule has 4 rings (SSSR count). The van der Waals surface area contributed by atoms with E-state index in [1.165, 1.54) is 43.9 Å². The topological polar surface area (TPSA) is 58.2 Å². The van der Waals surface area contributed by atoms with E-state index < -0.39 is 0 Å². The van der Waals surface area contributed by atoms with E-state index in [-0.39, 0.29) is 11.8 Å². The van der Waals surface area contributed by atoms with Crippen LogP contribution >= 0.6 is 23.4 Å². The molecule has 2 aromatic carbocycles. The minimum absolute atomic E-state index is 0.0948. The van der Waals surface area contributed by atoms with Crippen molar-refractivity contribution in [1.82, 2.24) is 5.32 Å². The van der Waals surface area contributed by atoms with Gasteiger partial charge in [0.25, 0.3) is 11.8 Å². The predicted molar refractivity (Wildman–Crippen MR) is 113 cm³/mol. The van der Waals surface area contributed by atoms with E-state index in [0.717, 1.165) is 22.1 Å². The number of amides is 2. The largest absolute Gasteiger partial charge is 0.352 e. The van der Waals surface area contributed by atoms with Crippen molar-refractivity contribution >= 4 is 40.9 Å². The smallest absolute Gasteiger partial charge is 0.256 e. The van der Waals surface area contributed by atoms with E-state index in [2.05, 4.69) is 10.6 Å². The van der Waals surface area contributed by atoms with E-state index >= 15 is 0 Å². The SMILES string of the molecule is O=C(NCCC1CCCCC1)c1ccc2c(c1)NC(=O)c1ccc(Cl)cc1S2. The van der Waals surface area contributed by atoms with Crippen LogP contribution in [0.5, 0.6) is 0 Å². The quantitative estimate of drug-likeness (QED) is 0.668. The molecule has 0 bridgehead atoms. The van der Waals surface area contributed by atoms with Crippen LogP contribution in [0.3, 0.4) is 0 Å². The third-order valence-electron chi connectivity index (χ3n) is 5.46. The first-order valence-electron chi connectivity index (χ1n) is 9.81. The van der Waals surface area contributed by atoms with Gasteiger partial charge >= 0.3 is 0 Å². The number of anilines is 1. The number of carbonyl (C=O) groups is 2. The van der Waals surface area contributed by atoms with Gasteiger partial charge in [0, 0.05) is 26.9 Å². The molecule has 1 aliphatic heterocycles. The minimum atomic E-state index is -0.187. The Morgan fingerprint density at radius 1 is 1.11 bits per heavy atom. The van der Waals surface area contributed by atoms with Crippen LogP contribution in [0, 0.1) is 5.92 Å². The Kier molecular flexibility index (Phi) is 5.93. The highest BCUT2D eigenvalue weighted by atomic mass is 35.5. The average molecular weight is 415 g/mol. The molecule has 0 atom stereocenters. The number of nitrogens with one attached hydrogen (secondary N) is 2. The molecule has 4 nitrogen and oxygen atoms in total. The molecule has 2 aromatic rings. The summed E-state index contributed by atoms with van der Waals surface area (Å²) in [5, 5.41) is 6.54. The Hall–Kier alpha value is -1.98. The van der Waals surface area contributed by atoms with Gasteiger partial charge in [-0.2, -0.15) is 0 Å². The molecule has 1 aliphatic carbocycles. The lowest BCUT2D eigenvalue weighted by molar-refractivity contribution is 0.0949. The normalized spacial score (nSPS) is 16.5. The van der Waals surface area contributed by atoms with Crippen molar-refractivity contribution in [2.24, 2.45) is 5.92 Å². The molecule has 0 radical (unpaired) electrons. The van der Waals surface area contributed by atoms with Crippen LogP contribution in [0.4, 0.5) is 5.69 Å². The van der Waals surface area contributed by atoms with Gasteiger partial charge in [0.2, 0.25) is 0 Å². The summed E-state index contributed by atoms with van der Waals surface area (Å²) in [6.45, 7) is 0.700. The summed E-state index contributed by atoms with van der Waals surface area (Å²) < 4.78 is 0. The van der Waals surface area contributed by atoms with Crippen molar-refractivity contribution in [3.63, 3.8) is 0 Å². The monoisotopic (exact) mass is 414 g/mol. The van der Waals surface area contributed by atoms with Crippen LogP contribution in [-0.4, -0.2) is 18.4 Å². The zero-order valence-electron chi connectivity index (χ0n) is 15.6. The van der Waals surface area contributed by atoms with E-state index in [1.807, 2.05) is 12.1 Å². The maximum atomic E-state index is 12.6. The van der Waals surface area contributed by atoms with Gasteiger partial charge in [-0.25, -0.2) is 0 Å². The van der Waals surface area contributed by atoms with Crippen LogP contribution < -0.4 is 10.6 Å². The number of halogens is 1. The van der Waals surface area contributed by atoms with E-state index in [4.69, 9.17) is 11.6 Å². The molecule has 6 heteroatoms. The summed E-state index contributed by atoms with van der Waals surface area (Å²) in [7, 11) is 0. The van der Waals surface area contributed by atoms with Crippen molar-refractivity contribution in [2.45, 2.75) is 48.3 Å². The predicted octanol–water partition coefficient (Wildman–Crippen LogP) is 5.76. The molecule has 28 heavy (non-hydrogen) atoms. The molecule has 146 valence electrons. The van der Waals surface area contributed by atoms with Crippen LogP contribution in [-0.2, 0) is 0 Å². The summed E-state index contributed by atoms with van der Waals surface area (Å²) in [6, 6.07) is 10.7.